The third-order valence-corrected chi connectivity index (χ3v) is 7.41. The molecule has 2 amide bonds. The van der Waals surface area contributed by atoms with Gasteiger partial charge in [0.05, 0.1) is 17.0 Å². The number of benzene rings is 2. The molecule has 0 spiro atoms. The summed E-state index contributed by atoms with van der Waals surface area (Å²) in [5.41, 5.74) is 3.49. The van der Waals surface area contributed by atoms with Crippen molar-refractivity contribution in [3.8, 4) is 0 Å². The molecule has 36 heavy (non-hydrogen) atoms. The third kappa shape index (κ3) is 4.43. The van der Waals surface area contributed by atoms with Crippen LogP contribution in [0.2, 0.25) is 0 Å². The van der Waals surface area contributed by atoms with Gasteiger partial charge in [0.25, 0.3) is 11.8 Å². The Hall–Kier alpha value is -3.81. The first-order valence-corrected chi connectivity index (χ1v) is 12.5. The van der Waals surface area contributed by atoms with Crippen LogP contribution in [0.4, 0.5) is 0 Å². The largest absolute Gasteiger partial charge is 0.481 e. The quantitative estimate of drug-likeness (QED) is 0.211. The Morgan fingerprint density at radius 1 is 1.03 bits per heavy atom. The second-order valence-corrected chi connectivity index (χ2v) is 9.66. The predicted molar refractivity (Wildman–Crippen MR) is 133 cm³/mol. The first kappa shape index (κ1) is 23.9. The van der Waals surface area contributed by atoms with Crippen LogP contribution in [0.15, 0.2) is 52.1 Å². The Morgan fingerprint density at radius 3 is 2.47 bits per heavy atom. The zero-order valence-electron chi connectivity index (χ0n) is 19.9. The molecule has 1 aliphatic heterocycles. The van der Waals surface area contributed by atoms with Gasteiger partial charge in [0.15, 0.2) is 0 Å². The Morgan fingerprint density at radius 2 is 1.78 bits per heavy atom. The second-order valence-electron chi connectivity index (χ2n) is 9.66. The van der Waals surface area contributed by atoms with Crippen molar-refractivity contribution in [1.82, 2.24) is 4.90 Å². The highest BCUT2D eigenvalue weighted by atomic mass is 16.4. The Bertz CT molecular complexity index is 1310. The molecule has 0 radical (unpaired) electrons. The summed E-state index contributed by atoms with van der Waals surface area (Å²) in [5.74, 6) is -1.23. The maximum absolute atomic E-state index is 12.5. The van der Waals surface area contributed by atoms with E-state index in [2.05, 4.69) is 5.18 Å². The second kappa shape index (κ2) is 10.0. The zero-order valence-corrected chi connectivity index (χ0v) is 19.9. The molecule has 8 nitrogen and oxygen atoms in total. The van der Waals surface area contributed by atoms with Crippen LogP contribution in [0.3, 0.4) is 0 Å². The summed E-state index contributed by atoms with van der Waals surface area (Å²) in [6, 6.07) is 11.6. The van der Waals surface area contributed by atoms with Crippen molar-refractivity contribution in [3.63, 3.8) is 0 Å². The molecule has 2 aliphatic rings. The number of hydrogen-bond donors (Lipinski definition) is 1. The fraction of sp³-hybridized carbons (Fsp3) is 0.393. The highest BCUT2D eigenvalue weighted by Crippen LogP contribution is 2.36. The van der Waals surface area contributed by atoms with Gasteiger partial charge in [-0.2, -0.15) is 4.91 Å². The van der Waals surface area contributed by atoms with Gasteiger partial charge in [0.2, 0.25) is 0 Å². The minimum absolute atomic E-state index is 0.114. The molecule has 186 valence electrons. The SMILES string of the molecule is O=NC(CC(CCCCCN1C(=O)c2ccccc2C1=O)C(=O)O)c1ccc2c3c(oc2c1)CCC3. The van der Waals surface area contributed by atoms with Crippen LogP contribution in [0.1, 0.15) is 82.2 Å². The number of unbranched alkanes of at least 4 members (excludes halogenated alkanes) is 2. The van der Waals surface area contributed by atoms with E-state index in [-0.39, 0.29) is 18.2 Å². The van der Waals surface area contributed by atoms with Gasteiger partial charge in [-0.3, -0.25) is 19.3 Å². The molecular formula is C28H28N2O6. The van der Waals surface area contributed by atoms with E-state index in [0.717, 1.165) is 36.0 Å². The molecule has 8 heteroatoms. The fourth-order valence-corrected chi connectivity index (χ4v) is 5.46. The number of hydrogen-bond acceptors (Lipinski definition) is 6. The van der Waals surface area contributed by atoms with Crippen molar-refractivity contribution in [3.05, 3.63) is 75.4 Å². The summed E-state index contributed by atoms with van der Waals surface area (Å²) in [7, 11) is 0. The van der Waals surface area contributed by atoms with Crippen LogP contribution in [0, 0.1) is 10.8 Å². The minimum Gasteiger partial charge on any atom is -0.481 e. The number of carbonyl (C=O) groups excluding carboxylic acids is 2. The van der Waals surface area contributed by atoms with Gasteiger partial charge in [-0.25, -0.2) is 0 Å². The molecule has 2 unspecified atom stereocenters. The van der Waals surface area contributed by atoms with Gasteiger partial charge < -0.3 is 9.52 Å². The van der Waals surface area contributed by atoms with Gasteiger partial charge in [0, 0.05) is 23.9 Å². The average molecular weight is 489 g/mol. The van der Waals surface area contributed by atoms with Gasteiger partial charge in [-0.1, -0.05) is 42.3 Å². The lowest BCUT2D eigenvalue weighted by Gasteiger charge is -2.17. The number of aliphatic carboxylic acids is 1. The minimum atomic E-state index is -0.956. The maximum Gasteiger partial charge on any atom is 0.306 e. The van der Waals surface area contributed by atoms with E-state index >= 15 is 0 Å². The molecule has 0 fully saturated rings. The molecular weight excluding hydrogens is 460 g/mol. The lowest BCUT2D eigenvalue weighted by molar-refractivity contribution is -0.142. The smallest absolute Gasteiger partial charge is 0.306 e. The standard InChI is InChI=1S/C28H28N2O6/c31-26-21-8-3-4-9-22(21)27(32)30(26)14-5-1-2-7-18(28(33)34)15-23(29-35)17-12-13-20-19-10-6-11-24(19)36-25(20)16-17/h3-4,8-9,12-13,16,18,23H,1-2,5-7,10-11,14-15H2,(H,33,34). The van der Waals surface area contributed by atoms with Gasteiger partial charge in [-0.05, 0) is 55.9 Å². The van der Waals surface area contributed by atoms with Crippen molar-refractivity contribution < 1.29 is 23.9 Å². The number of imide groups is 1. The summed E-state index contributed by atoms with van der Waals surface area (Å²) in [4.78, 5) is 49.8. The normalized spacial score (nSPS) is 16.3. The van der Waals surface area contributed by atoms with E-state index in [1.54, 1.807) is 24.3 Å². The van der Waals surface area contributed by atoms with Crippen LogP contribution in [0.25, 0.3) is 11.0 Å². The van der Waals surface area contributed by atoms with Crippen molar-refractivity contribution in [1.29, 1.82) is 0 Å². The number of carboxylic acid groups (broad SMARTS) is 1. The zero-order chi connectivity index (χ0) is 25.2. The molecule has 1 aliphatic carbocycles. The highest BCUT2D eigenvalue weighted by molar-refractivity contribution is 6.21. The number of rotatable bonds is 11. The first-order chi connectivity index (χ1) is 17.5. The van der Waals surface area contributed by atoms with E-state index in [1.165, 1.54) is 10.5 Å². The van der Waals surface area contributed by atoms with E-state index in [4.69, 9.17) is 4.42 Å². The number of amides is 2. The number of aryl methyl sites for hydroxylation is 2. The Kier molecular flexibility index (Phi) is 6.67. The summed E-state index contributed by atoms with van der Waals surface area (Å²) in [5, 5.41) is 14.1. The topological polar surface area (TPSA) is 117 Å². The van der Waals surface area contributed by atoms with E-state index in [0.29, 0.717) is 48.9 Å². The molecule has 1 aromatic heterocycles. The van der Waals surface area contributed by atoms with Crippen LogP contribution >= 0.6 is 0 Å². The third-order valence-electron chi connectivity index (χ3n) is 7.41. The number of carbonyl (C=O) groups is 3. The number of nitroso groups, excluding NO2 is 1. The molecule has 1 N–H and O–H groups in total. The molecule has 0 bridgehead atoms. The molecule has 2 heterocycles. The Labute approximate surface area is 208 Å². The average Bonchev–Trinajstić information content (AvgIpc) is 3.54. The highest BCUT2D eigenvalue weighted by Gasteiger charge is 2.34. The first-order valence-electron chi connectivity index (χ1n) is 12.5. The summed E-state index contributed by atoms with van der Waals surface area (Å²) < 4.78 is 5.96. The van der Waals surface area contributed by atoms with Crippen LogP contribution in [0.5, 0.6) is 0 Å². The lowest BCUT2D eigenvalue weighted by Crippen LogP contribution is -2.30. The molecule has 2 aromatic carbocycles. The van der Waals surface area contributed by atoms with Crippen molar-refractivity contribution >= 4 is 28.8 Å². The van der Waals surface area contributed by atoms with Crippen molar-refractivity contribution in [2.75, 3.05) is 6.54 Å². The maximum atomic E-state index is 12.5. The van der Waals surface area contributed by atoms with Gasteiger partial charge in [-0.15, -0.1) is 0 Å². The van der Waals surface area contributed by atoms with Crippen LogP contribution < -0.4 is 0 Å². The van der Waals surface area contributed by atoms with E-state index in [1.807, 2.05) is 18.2 Å². The predicted octanol–water partition coefficient (Wildman–Crippen LogP) is 5.68. The molecule has 2 atom stereocenters. The van der Waals surface area contributed by atoms with Crippen LogP contribution in [-0.4, -0.2) is 34.3 Å². The Balaban J connectivity index is 1.15. The molecule has 0 saturated heterocycles. The summed E-state index contributed by atoms with van der Waals surface area (Å²) in [6.07, 6.45) is 5.36. The van der Waals surface area contributed by atoms with E-state index in [9.17, 15) is 24.4 Å². The monoisotopic (exact) mass is 488 g/mol. The fourth-order valence-electron chi connectivity index (χ4n) is 5.46. The molecule has 3 aromatic rings. The van der Waals surface area contributed by atoms with E-state index < -0.39 is 17.9 Å². The number of nitrogens with zero attached hydrogens (tertiary/aromatic N) is 2. The van der Waals surface area contributed by atoms with Gasteiger partial charge in [0.1, 0.15) is 17.4 Å². The lowest BCUT2D eigenvalue weighted by atomic mass is 9.90. The van der Waals surface area contributed by atoms with Crippen LogP contribution in [-0.2, 0) is 17.6 Å². The number of furan rings is 1. The summed E-state index contributed by atoms with van der Waals surface area (Å²) in [6.45, 7) is 0.301. The molecule has 5 rings (SSSR count). The number of carboxylic acids is 1. The van der Waals surface area contributed by atoms with Gasteiger partial charge >= 0.3 is 5.97 Å². The number of fused-ring (bicyclic) bond motifs is 4. The summed E-state index contributed by atoms with van der Waals surface area (Å²) >= 11 is 0. The van der Waals surface area contributed by atoms with Crippen molar-refractivity contribution in [2.45, 2.75) is 57.4 Å². The van der Waals surface area contributed by atoms with Crippen molar-refractivity contribution in [2.24, 2.45) is 11.1 Å². The molecule has 0 saturated carbocycles.